The van der Waals surface area contributed by atoms with Gasteiger partial charge in [0.25, 0.3) is 0 Å². The van der Waals surface area contributed by atoms with E-state index in [4.69, 9.17) is 5.73 Å². The normalized spacial score (nSPS) is 11.7. The summed E-state index contributed by atoms with van der Waals surface area (Å²) in [5.74, 6) is 2.09. The minimum atomic E-state index is -0.126. The number of aromatic nitrogens is 3. The van der Waals surface area contributed by atoms with Gasteiger partial charge < -0.3 is 11.1 Å². The first-order valence-electron chi connectivity index (χ1n) is 6.56. The van der Waals surface area contributed by atoms with Gasteiger partial charge in [-0.3, -0.25) is 0 Å². The predicted octanol–water partition coefficient (Wildman–Crippen LogP) is 3.04. The van der Waals surface area contributed by atoms with Crippen LogP contribution in [-0.4, -0.2) is 15.0 Å². The highest BCUT2D eigenvalue weighted by Crippen LogP contribution is 2.25. The molecule has 2 rings (SSSR count). The summed E-state index contributed by atoms with van der Waals surface area (Å²) in [6.07, 6.45) is 0. The molecule has 0 spiro atoms. The monoisotopic (exact) mass is 291 g/mol. The molecule has 0 aliphatic heterocycles. The van der Waals surface area contributed by atoms with Crippen LogP contribution >= 0.6 is 11.3 Å². The lowest BCUT2D eigenvalue weighted by Gasteiger charge is -2.19. The Morgan fingerprint density at radius 3 is 2.50 bits per heavy atom. The van der Waals surface area contributed by atoms with E-state index in [2.05, 4.69) is 41.0 Å². The Morgan fingerprint density at radius 1 is 1.25 bits per heavy atom. The molecule has 0 aliphatic rings. The molecule has 2 aromatic heterocycles. The van der Waals surface area contributed by atoms with Crippen LogP contribution in [0.5, 0.6) is 0 Å². The molecule has 6 heteroatoms. The summed E-state index contributed by atoms with van der Waals surface area (Å²) >= 11 is 1.64. The number of thiazole rings is 1. The first-order valence-corrected chi connectivity index (χ1v) is 7.44. The van der Waals surface area contributed by atoms with Crippen molar-refractivity contribution in [3.8, 4) is 0 Å². The summed E-state index contributed by atoms with van der Waals surface area (Å²) < 4.78 is 0. The Bertz CT molecular complexity index is 613. The summed E-state index contributed by atoms with van der Waals surface area (Å²) in [4.78, 5) is 14.5. The van der Waals surface area contributed by atoms with Gasteiger partial charge in [0.15, 0.2) is 0 Å². The first kappa shape index (κ1) is 14.7. The van der Waals surface area contributed by atoms with E-state index >= 15 is 0 Å². The minimum Gasteiger partial charge on any atom is -0.383 e. The van der Waals surface area contributed by atoms with Gasteiger partial charge in [0, 0.05) is 15.9 Å². The molecule has 108 valence electrons. The molecule has 0 unspecified atom stereocenters. The SMILES string of the molecule is Cc1ncsc1CNc1nc(C(C)(C)C)nc(N)c1C. The minimum absolute atomic E-state index is 0.126. The van der Waals surface area contributed by atoms with E-state index in [0.717, 1.165) is 22.9 Å². The van der Waals surface area contributed by atoms with Gasteiger partial charge in [-0.2, -0.15) is 0 Å². The van der Waals surface area contributed by atoms with E-state index in [1.165, 1.54) is 4.88 Å². The maximum Gasteiger partial charge on any atom is 0.138 e. The highest BCUT2D eigenvalue weighted by Gasteiger charge is 2.20. The number of nitrogen functional groups attached to an aromatic ring is 1. The molecule has 0 radical (unpaired) electrons. The van der Waals surface area contributed by atoms with Crippen molar-refractivity contribution >= 4 is 23.0 Å². The molecule has 0 aliphatic carbocycles. The summed E-state index contributed by atoms with van der Waals surface area (Å²) in [6.45, 7) is 10.9. The highest BCUT2D eigenvalue weighted by molar-refractivity contribution is 7.09. The van der Waals surface area contributed by atoms with Gasteiger partial charge in [0.2, 0.25) is 0 Å². The zero-order chi connectivity index (χ0) is 14.9. The van der Waals surface area contributed by atoms with Crippen LogP contribution in [0.3, 0.4) is 0 Å². The van der Waals surface area contributed by atoms with Crippen molar-refractivity contribution in [3.63, 3.8) is 0 Å². The topological polar surface area (TPSA) is 76.7 Å². The second-order valence-corrected chi connectivity index (χ2v) is 6.81. The van der Waals surface area contributed by atoms with Gasteiger partial charge in [-0.15, -0.1) is 11.3 Å². The summed E-state index contributed by atoms with van der Waals surface area (Å²) in [5, 5.41) is 3.35. The van der Waals surface area contributed by atoms with Crippen molar-refractivity contribution in [2.24, 2.45) is 0 Å². The van der Waals surface area contributed by atoms with E-state index in [1.807, 2.05) is 19.4 Å². The van der Waals surface area contributed by atoms with Gasteiger partial charge >= 0.3 is 0 Å². The standard InChI is InChI=1S/C14H21N5S/c1-8-11(15)18-13(14(3,4)5)19-12(8)16-6-10-9(2)17-7-20-10/h7H,6H2,1-5H3,(H3,15,16,18,19). The van der Waals surface area contributed by atoms with Crippen molar-refractivity contribution in [1.82, 2.24) is 15.0 Å². The lowest BCUT2D eigenvalue weighted by Crippen LogP contribution is -2.19. The molecule has 0 amide bonds. The lowest BCUT2D eigenvalue weighted by molar-refractivity contribution is 0.546. The Balaban J connectivity index is 2.27. The zero-order valence-electron chi connectivity index (χ0n) is 12.6. The van der Waals surface area contributed by atoms with Crippen molar-refractivity contribution in [3.05, 3.63) is 27.5 Å². The van der Waals surface area contributed by atoms with Crippen molar-refractivity contribution in [1.29, 1.82) is 0 Å². The average Bonchev–Trinajstić information content (AvgIpc) is 2.75. The molecule has 5 nitrogen and oxygen atoms in total. The third-order valence-corrected chi connectivity index (χ3v) is 4.05. The molecule has 2 heterocycles. The van der Waals surface area contributed by atoms with Crippen molar-refractivity contribution in [2.75, 3.05) is 11.1 Å². The maximum atomic E-state index is 6.00. The smallest absolute Gasteiger partial charge is 0.138 e. The molecular weight excluding hydrogens is 270 g/mol. The van der Waals surface area contributed by atoms with Crippen LogP contribution < -0.4 is 11.1 Å². The van der Waals surface area contributed by atoms with Crippen LogP contribution in [-0.2, 0) is 12.0 Å². The second kappa shape index (κ2) is 5.36. The van der Waals surface area contributed by atoms with Gasteiger partial charge in [0.05, 0.1) is 17.7 Å². The number of hydrogen-bond acceptors (Lipinski definition) is 6. The van der Waals surface area contributed by atoms with Crippen LogP contribution in [0.1, 0.15) is 42.7 Å². The number of rotatable bonds is 3. The molecule has 20 heavy (non-hydrogen) atoms. The van der Waals surface area contributed by atoms with Crippen LogP contribution in [0.25, 0.3) is 0 Å². The van der Waals surface area contributed by atoms with Gasteiger partial charge in [0.1, 0.15) is 17.5 Å². The fraction of sp³-hybridized carbons (Fsp3) is 0.500. The van der Waals surface area contributed by atoms with Gasteiger partial charge in [-0.05, 0) is 13.8 Å². The quantitative estimate of drug-likeness (QED) is 0.909. The Morgan fingerprint density at radius 2 is 1.95 bits per heavy atom. The fourth-order valence-electron chi connectivity index (χ4n) is 1.70. The van der Waals surface area contributed by atoms with E-state index in [-0.39, 0.29) is 5.41 Å². The van der Waals surface area contributed by atoms with Crippen LogP contribution in [0.4, 0.5) is 11.6 Å². The number of nitrogens with one attached hydrogen (secondary N) is 1. The summed E-state index contributed by atoms with van der Waals surface area (Å²) in [5.41, 5.74) is 9.67. The Kier molecular flexibility index (Phi) is 3.94. The third kappa shape index (κ3) is 3.07. The maximum absolute atomic E-state index is 6.00. The van der Waals surface area contributed by atoms with E-state index in [9.17, 15) is 0 Å². The van der Waals surface area contributed by atoms with Crippen molar-refractivity contribution < 1.29 is 0 Å². The molecule has 0 fully saturated rings. The number of hydrogen-bond donors (Lipinski definition) is 2. The number of nitrogens with two attached hydrogens (primary N) is 1. The molecule has 0 bridgehead atoms. The molecule has 0 atom stereocenters. The molecular formula is C14H21N5S. The third-order valence-electron chi connectivity index (χ3n) is 3.12. The average molecular weight is 291 g/mol. The highest BCUT2D eigenvalue weighted by atomic mass is 32.1. The van der Waals surface area contributed by atoms with E-state index < -0.39 is 0 Å². The molecule has 3 N–H and O–H groups in total. The lowest BCUT2D eigenvalue weighted by atomic mass is 9.95. The van der Waals surface area contributed by atoms with E-state index in [1.54, 1.807) is 11.3 Å². The Hall–Kier alpha value is -1.69. The van der Waals surface area contributed by atoms with Crippen LogP contribution in [0, 0.1) is 13.8 Å². The van der Waals surface area contributed by atoms with Gasteiger partial charge in [-0.25, -0.2) is 15.0 Å². The van der Waals surface area contributed by atoms with Gasteiger partial charge in [-0.1, -0.05) is 20.8 Å². The number of nitrogens with zero attached hydrogens (tertiary/aromatic N) is 3. The Labute approximate surface area is 123 Å². The number of aryl methyl sites for hydroxylation is 1. The second-order valence-electron chi connectivity index (χ2n) is 5.87. The zero-order valence-corrected chi connectivity index (χ0v) is 13.4. The molecule has 0 saturated heterocycles. The predicted molar refractivity (Wildman–Crippen MR) is 84.1 cm³/mol. The summed E-state index contributed by atoms with van der Waals surface area (Å²) in [7, 11) is 0. The first-order chi connectivity index (χ1) is 9.29. The fourth-order valence-corrected chi connectivity index (χ4v) is 2.42. The van der Waals surface area contributed by atoms with E-state index in [0.29, 0.717) is 12.4 Å². The number of anilines is 2. The van der Waals surface area contributed by atoms with Crippen molar-refractivity contribution in [2.45, 2.75) is 46.6 Å². The van der Waals surface area contributed by atoms with Crippen LogP contribution in [0.2, 0.25) is 0 Å². The molecule has 0 saturated carbocycles. The largest absolute Gasteiger partial charge is 0.383 e. The molecule has 2 aromatic rings. The summed E-state index contributed by atoms with van der Waals surface area (Å²) in [6, 6.07) is 0. The molecule has 0 aromatic carbocycles. The van der Waals surface area contributed by atoms with Crippen LogP contribution in [0.15, 0.2) is 5.51 Å².